The summed E-state index contributed by atoms with van der Waals surface area (Å²) in [5, 5.41) is 2.18. The lowest BCUT2D eigenvalue weighted by Gasteiger charge is -2.49. The van der Waals surface area contributed by atoms with Crippen molar-refractivity contribution >= 4 is 11.3 Å². The molecule has 3 nitrogen and oxygen atoms in total. The zero-order chi connectivity index (χ0) is 16.4. The van der Waals surface area contributed by atoms with E-state index in [0.717, 1.165) is 6.54 Å². The summed E-state index contributed by atoms with van der Waals surface area (Å²) >= 11 is 1.70. The molecule has 1 spiro atoms. The monoisotopic (exact) mass is 341 g/mol. The number of likely N-dealkylation sites (N-methyl/N-ethyl adjacent to an activating group) is 1. The zero-order valence-electron chi connectivity index (χ0n) is 14.5. The van der Waals surface area contributed by atoms with E-state index < -0.39 is 0 Å². The van der Waals surface area contributed by atoms with Crippen LogP contribution in [0, 0.1) is 5.41 Å². The maximum Gasteiger partial charge on any atom is 0.0795 e. The molecule has 1 unspecified atom stereocenters. The highest BCUT2D eigenvalue weighted by atomic mass is 32.1. The van der Waals surface area contributed by atoms with Gasteiger partial charge in [-0.3, -0.25) is 4.90 Å². The fourth-order valence-electron chi connectivity index (χ4n) is 4.71. The molecule has 1 atom stereocenters. The molecule has 0 N–H and O–H groups in total. The number of rotatable bonds is 3. The summed E-state index contributed by atoms with van der Waals surface area (Å²) in [7, 11) is 2.30. The smallest absolute Gasteiger partial charge is 0.0795 e. The first kappa shape index (κ1) is 16.2. The van der Waals surface area contributed by atoms with Crippen LogP contribution in [0.15, 0.2) is 41.2 Å². The Balaban J connectivity index is 1.41. The molecule has 1 aromatic carbocycles. The van der Waals surface area contributed by atoms with Crippen molar-refractivity contribution in [3.05, 3.63) is 52.5 Å². The summed E-state index contributed by atoms with van der Waals surface area (Å²) < 4.78 is 0. The Morgan fingerprint density at radius 1 is 1.21 bits per heavy atom. The Morgan fingerprint density at radius 2 is 2.00 bits per heavy atom. The Morgan fingerprint density at radius 3 is 2.71 bits per heavy atom. The summed E-state index contributed by atoms with van der Waals surface area (Å²) in [6.45, 7) is 5.92. The van der Waals surface area contributed by atoms with Crippen LogP contribution >= 0.6 is 11.3 Å². The molecule has 0 amide bonds. The van der Waals surface area contributed by atoms with Crippen molar-refractivity contribution in [2.24, 2.45) is 5.41 Å². The molecule has 0 saturated carbocycles. The molecular formula is C20H27N3S. The summed E-state index contributed by atoms with van der Waals surface area (Å²) in [6, 6.07) is 11.1. The summed E-state index contributed by atoms with van der Waals surface area (Å²) in [5.41, 5.74) is 5.21. The molecule has 2 fully saturated rings. The number of nitrogens with zero attached hydrogens (tertiary/aromatic N) is 3. The fourth-order valence-corrected chi connectivity index (χ4v) is 5.26. The van der Waals surface area contributed by atoms with Gasteiger partial charge in [-0.15, -0.1) is 11.3 Å². The number of piperidine rings is 2. The molecule has 4 rings (SSSR count). The summed E-state index contributed by atoms with van der Waals surface area (Å²) in [6.07, 6.45) is 4.00. The molecule has 2 aliphatic rings. The molecule has 2 saturated heterocycles. The van der Waals surface area contributed by atoms with Crippen molar-refractivity contribution in [1.82, 2.24) is 14.8 Å². The molecule has 1 aromatic heterocycles. The van der Waals surface area contributed by atoms with Gasteiger partial charge in [0.15, 0.2) is 0 Å². The van der Waals surface area contributed by atoms with E-state index in [0.29, 0.717) is 11.3 Å². The van der Waals surface area contributed by atoms with E-state index in [4.69, 9.17) is 0 Å². The number of likely N-dealkylation sites (tertiary alicyclic amines) is 2. The van der Waals surface area contributed by atoms with Gasteiger partial charge in [-0.2, -0.15) is 0 Å². The Labute approximate surface area is 149 Å². The SMILES string of the molecule is CN1CC(c2ccccc2)CC2(CCN(Cc3cscn3)CC2)C1. The van der Waals surface area contributed by atoms with Crippen molar-refractivity contribution in [3.63, 3.8) is 0 Å². The van der Waals surface area contributed by atoms with E-state index in [9.17, 15) is 0 Å². The normalized spacial score (nSPS) is 25.1. The van der Waals surface area contributed by atoms with E-state index in [-0.39, 0.29) is 0 Å². The molecule has 3 heterocycles. The second-order valence-corrected chi connectivity index (χ2v) is 8.48. The zero-order valence-corrected chi connectivity index (χ0v) is 15.3. The van der Waals surface area contributed by atoms with Crippen LogP contribution in [0.5, 0.6) is 0 Å². The quantitative estimate of drug-likeness (QED) is 0.845. The second kappa shape index (κ2) is 6.95. The van der Waals surface area contributed by atoms with Crippen LogP contribution in [0.2, 0.25) is 0 Å². The fraction of sp³-hybridized carbons (Fsp3) is 0.550. The van der Waals surface area contributed by atoms with Crippen molar-refractivity contribution in [2.75, 3.05) is 33.2 Å². The number of thiazole rings is 1. The van der Waals surface area contributed by atoms with E-state index >= 15 is 0 Å². The lowest BCUT2D eigenvalue weighted by molar-refractivity contribution is 0.0215. The van der Waals surface area contributed by atoms with E-state index in [1.54, 1.807) is 11.3 Å². The van der Waals surface area contributed by atoms with Gasteiger partial charge in [0.25, 0.3) is 0 Å². The Hall–Kier alpha value is -1.23. The van der Waals surface area contributed by atoms with Crippen LogP contribution in [-0.4, -0.2) is 48.0 Å². The molecule has 2 aliphatic heterocycles. The van der Waals surface area contributed by atoms with Gasteiger partial charge in [0.2, 0.25) is 0 Å². The van der Waals surface area contributed by atoms with Crippen LogP contribution in [-0.2, 0) is 6.54 Å². The van der Waals surface area contributed by atoms with Gasteiger partial charge in [0, 0.05) is 25.0 Å². The number of aromatic nitrogens is 1. The lowest BCUT2D eigenvalue weighted by atomic mass is 9.68. The van der Waals surface area contributed by atoms with Crippen LogP contribution in [0.3, 0.4) is 0 Å². The highest BCUT2D eigenvalue weighted by Crippen LogP contribution is 2.44. The molecule has 128 valence electrons. The van der Waals surface area contributed by atoms with Gasteiger partial charge in [-0.1, -0.05) is 30.3 Å². The topological polar surface area (TPSA) is 19.4 Å². The maximum absolute atomic E-state index is 4.45. The largest absolute Gasteiger partial charge is 0.305 e. The van der Waals surface area contributed by atoms with Crippen LogP contribution in [0.1, 0.15) is 36.4 Å². The van der Waals surface area contributed by atoms with Gasteiger partial charge in [0.05, 0.1) is 11.2 Å². The van der Waals surface area contributed by atoms with Crippen LogP contribution in [0.4, 0.5) is 0 Å². The lowest BCUT2D eigenvalue weighted by Crippen LogP contribution is -2.50. The van der Waals surface area contributed by atoms with Crippen molar-refractivity contribution < 1.29 is 0 Å². The Kier molecular flexibility index (Phi) is 4.70. The van der Waals surface area contributed by atoms with Crippen molar-refractivity contribution in [2.45, 2.75) is 31.7 Å². The number of benzene rings is 1. The highest BCUT2D eigenvalue weighted by Gasteiger charge is 2.41. The summed E-state index contributed by atoms with van der Waals surface area (Å²) in [5.74, 6) is 0.690. The molecule has 2 aromatic rings. The third kappa shape index (κ3) is 3.56. The average molecular weight is 342 g/mol. The molecule has 24 heavy (non-hydrogen) atoms. The summed E-state index contributed by atoms with van der Waals surface area (Å²) in [4.78, 5) is 9.60. The van der Waals surface area contributed by atoms with Gasteiger partial charge >= 0.3 is 0 Å². The number of hydrogen-bond donors (Lipinski definition) is 0. The van der Waals surface area contributed by atoms with Crippen LogP contribution in [0.25, 0.3) is 0 Å². The predicted octanol–water partition coefficient (Wildman–Crippen LogP) is 3.84. The first-order valence-corrected chi connectivity index (χ1v) is 10.00. The minimum atomic E-state index is 0.506. The van der Waals surface area contributed by atoms with Crippen LogP contribution < -0.4 is 0 Å². The second-order valence-electron chi connectivity index (χ2n) is 7.76. The molecule has 0 aliphatic carbocycles. The standard InChI is InChI=1S/C20H27N3S/c1-22-12-18(17-5-3-2-4-6-17)11-20(15-22)7-9-23(10-8-20)13-19-14-24-16-21-19/h2-6,14,16,18H,7-13,15H2,1H3. The molecule has 0 bridgehead atoms. The van der Waals surface area contributed by atoms with Gasteiger partial charge in [0.1, 0.15) is 0 Å². The van der Waals surface area contributed by atoms with E-state index in [2.05, 4.69) is 57.5 Å². The van der Waals surface area contributed by atoms with Gasteiger partial charge in [-0.25, -0.2) is 4.98 Å². The van der Waals surface area contributed by atoms with Gasteiger partial charge in [-0.05, 0) is 56.3 Å². The molecular weight excluding hydrogens is 314 g/mol. The van der Waals surface area contributed by atoms with E-state index in [1.807, 2.05) is 5.51 Å². The number of hydrogen-bond acceptors (Lipinski definition) is 4. The first-order chi connectivity index (χ1) is 11.7. The highest BCUT2D eigenvalue weighted by molar-refractivity contribution is 7.07. The first-order valence-electron chi connectivity index (χ1n) is 9.05. The third-order valence-electron chi connectivity index (χ3n) is 5.87. The van der Waals surface area contributed by atoms with E-state index in [1.165, 1.54) is 56.7 Å². The molecule has 0 radical (unpaired) electrons. The Bertz CT molecular complexity index is 632. The average Bonchev–Trinajstić information content (AvgIpc) is 3.10. The minimum Gasteiger partial charge on any atom is -0.305 e. The maximum atomic E-state index is 4.45. The predicted molar refractivity (Wildman–Crippen MR) is 100 cm³/mol. The molecule has 4 heteroatoms. The third-order valence-corrected chi connectivity index (χ3v) is 6.51. The minimum absolute atomic E-state index is 0.506. The van der Waals surface area contributed by atoms with Crippen molar-refractivity contribution in [1.29, 1.82) is 0 Å². The van der Waals surface area contributed by atoms with Gasteiger partial charge < -0.3 is 4.90 Å². The van der Waals surface area contributed by atoms with Crippen molar-refractivity contribution in [3.8, 4) is 0 Å².